The lowest BCUT2D eigenvalue weighted by Gasteiger charge is -2.25. The van der Waals surface area contributed by atoms with Gasteiger partial charge in [-0.15, -0.1) is 0 Å². The SMILES string of the molecule is CON(C)C(=O)C1=CC=CC(OC(F)(F)C(F)F)C1. The van der Waals surface area contributed by atoms with E-state index in [1.165, 1.54) is 32.4 Å². The second-order valence-corrected chi connectivity index (χ2v) is 3.78. The average Bonchev–Trinajstić information content (AvgIpc) is 2.36. The van der Waals surface area contributed by atoms with Crippen molar-refractivity contribution in [2.75, 3.05) is 14.2 Å². The van der Waals surface area contributed by atoms with Crippen molar-refractivity contribution in [2.45, 2.75) is 25.1 Å². The molecule has 19 heavy (non-hydrogen) atoms. The smallest absolute Gasteiger partial charge is 0.308 e. The number of nitrogens with zero attached hydrogens (tertiary/aromatic N) is 1. The predicted octanol–water partition coefficient (Wildman–Crippen LogP) is 2.14. The average molecular weight is 283 g/mol. The summed E-state index contributed by atoms with van der Waals surface area (Å²) in [6.07, 6.45) is -6.13. The molecule has 0 bridgehead atoms. The van der Waals surface area contributed by atoms with Crippen molar-refractivity contribution in [1.82, 2.24) is 5.06 Å². The summed E-state index contributed by atoms with van der Waals surface area (Å²) in [4.78, 5) is 16.3. The number of alkyl halides is 4. The Morgan fingerprint density at radius 2 is 2.16 bits per heavy atom. The van der Waals surface area contributed by atoms with E-state index in [2.05, 4.69) is 9.57 Å². The zero-order valence-electron chi connectivity index (χ0n) is 10.3. The molecule has 0 saturated heterocycles. The highest BCUT2D eigenvalue weighted by atomic mass is 19.3. The number of amides is 1. The Balaban J connectivity index is 2.68. The number of likely N-dealkylation sites (N-methyl/N-ethyl adjacent to an activating group) is 1. The number of hydrogen-bond acceptors (Lipinski definition) is 3. The van der Waals surface area contributed by atoms with Crippen LogP contribution in [0.1, 0.15) is 6.42 Å². The number of carbonyl (C=O) groups is 1. The molecule has 0 aromatic rings. The molecule has 0 aliphatic heterocycles. The summed E-state index contributed by atoms with van der Waals surface area (Å²) in [5.41, 5.74) is 0.127. The first kappa shape index (κ1) is 15.6. The molecule has 0 aromatic carbocycles. The number of carbonyl (C=O) groups excluding carboxylic acids is 1. The van der Waals surface area contributed by atoms with Gasteiger partial charge in [0.15, 0.2) is 0 Å². The van der Waals surface area contributed by atoms with Gasteiger partial charge in [0.05, 0.1) is 13.2 Å². The minimum Gasteiger partial charge on any atom is -0.308 e. The van der Waals surface area contributed by atoms with Crippen LogP contribution < -0.4 is 0 Å². The molecule has 0 fully saturated rings. The molecule has 4 nitrogen and oxygen atoms in total. The number of hydroxylamine groups is 2. The third-order valence-corrected chi connectivity index (χ3v) is 2.44. The van der Waals surface area contributed by atoms with E-state index in [-0.39, 0.29) is 12.0 Å². The van der Waals surface area contributed by atoms with E-state index in [1.807, 2.05) is 0 Å². The van der Waals surface area contributed by atoms with Crippen molar-refractivity contribution in [3.8, 4) is 0 Å². The predicted molar refractivity (Wildman–Crippen MR) is 57.4 cm³/mol. The minimum atomic E-state index is -4.55. The van der Waals surface area contributed by atoms with Crippen LogP contribution in [0.5, 0.6) is 0 Å². The van der Waals surface area contributed by atoms with Crippen LogP contribution in [0.3, 0.4) is 0 Å². The van der Waals surface area contributed by atoms with Crippen molar-refractivity contribution < 1.29 is 31.9 Å². The Labute approximate surface area is 107 Å². The molecule has 1 atom stereocenters. The van der Waals surface area contributed by atoms with Crippen LogP contribution in [0.4, 0.5) is 17.6 Å². The van der Waals surface area contributed by atoms with Gasteiger partial charge in [-0.1, -0.05) is 18.2 Å². The van der Waals surface area contributed by atoms with E-state index in [4.69, 9.17) is 0 Å². The van der Waals surface area contributed by atoms with Gasteiger partial charge in [0.25, 0.3) is 5.91 Å². The number of halogens is 4. The van der Waals surface area contributed by atoms with Crippen molar-refractivity contribution in [3.05, 3.63) is 23.8 Å². The van der Waals surface area contributed by atoms with Gasteiger partial charge in [0.1, 0.15) is 0 Å². The maximum Gasteiger partial charge on any atom is 0.417 e. The number of hydrogen-bond donors (Lipinski definition) is 0. The van der Waals surface area contributed by atoms with Crippen molar-refractivity contribution in [3.63, 3.8) is 0 Å². The standard InChI is InChI=1S/C11H13F4NO3/c1-16(18-2)9(17)7-4-3-5-8(6-7)19-11(14,15)10(12)13/h3-5,8,10H,6H2,1-2H3. The largest absolute Gasteiger partial charge is 0.417 e. The van der Waals surface area contributed by atoms with E-state index in [1.54, 1.807) is 0 Å². The molecule has 0 aromatic heterocycles. The van der Waals surface area contributed by atoms with Gasteiger partial charge < -0.3 is 4.74 Å². The second kappa shape index (κ2) is 6.16. The zero-order chi connectivity index (χ0) is 14.6. The molecule has 108 valence electrons. The molecule has 1 rings (SSSR count). The lowest BCUT2D eigenvalue weighted by molar-refractivity contribution is -0.311. The minimum absolute atomic E-state index is 0.127. The molecule has 0 radical (unpaired) electrons. The lowest BCUT2D eigenvalue weighted by atomic mass is 10.0. The summed E-state index contributed by atoms with van der Waals surface area (Å²) in [5.74, 6) is -0.555. The fourth-order valence-corrected chi connectivity index (χ4v) is 1.43. The molecule has 1 aliphatic rings. The topological polar surface area (TPSA) is 38.8 Å². The molecular formula is C11H13F4NO3. The third kappa shape index (κ3) is 4.03. The van der Waals surface area contributed by atoms with Crippen LogP contribution in [0.2, 0.25) is 0 Å². The van der Waals surface area contributed by atoms with Crippen LogP contribution in [0, 0.1) is 0 Å². The van der Waals surface area contributed by atoms with E-state index in [0.29, 0.717) is 0 Å². The summed E-state index contributed by atoms with van der Waals surface area (Å²) in [7, 11) is 2.60. The molecule has 1 aliphatic carbocycles. The first-order valence-corrected chi connectivity index (χ1v) is 5.31. The lowest BCUT2D eigenvalue weighted by Crippen LogP contribution is -2.36. The maximum absolute atomic E-state index is 12.7. The van der Waals surface area contributed by atoms with Gasteiger partial charge in [-0.3, -0.25) is 9.63 Å². The van der Waals surface area contributed by atoms with Crippen LogP contribution in [-0.2, 0) is 14.4 Å². The Bertz CT molecular complexity index is 395. The van der Waals surface area contributed by atoms with Crippen LogP contribution in [0.15, 0.2) is 23.8 Å². The van der Waals surface area contributed by atoms with Gasteiger partial charge in [-0.2, -0.15) is 8.78 Å². The Morgan fingerprint density at radius 1 is 1.53 bits per heavy atom. The van der Waals surface area contributed by atoms with Gasteiger partial charge in [0, 0.05) is 19.0 Å². The number of allylic oxidation sites excluding steroid dienone is 2. The van der Waals surface area contributed by atoms with Crippen molar-refractivity contribution in [1.29, 1.82) is 0 Å². The van der Waals surface area contributed by atoms with E-state index in [9.17, 15) is 22.4 Å². The molecule has 1 unspecified atom stereocenters. The van der Waals surface area contributed by atoms with Gasteiger partial charge in [-0.05, 0) is 0 Å². The summed E-state index contributed by atoms with van der Waals surface area (Å²) in [6.45, 7) is 0. The maximum atomic E-state index is 12.7. The number of rotatable bonds is 5. The highest BCUT2D eigenvalue weighted by Crippen LogP contribution is 2.29. The highest BCUT2D eigenvalue weighted by Gasteiger charge is 2.44. The van der Waals surface area contributed by atoms with E-state index >= 15 is 0 Å². The molecule has 0 N–H and O–H groups in total. The quantitative estimate of drug-likeness (QED) is 0.573. The Kier molecular flexibility index (Phi) is 5.07. The Morgan fingerprint density at radius 3 is 2.68 bits per heavy atom. The zero-order valence-corrected chi connectivity index (χ0v) is 10.3. The summed E-state index contributed by atoms with van der Waals surface area (Å²) in [6, 6.07) is 0. The second-order valence-electron chi connectivity index (χ2n) is 3.78. The van der Waals surface area contributed by atoms with Crippen LogP contribution in [0.25, 0.3) is 0 Å². The van der Waals surface area contributed by atoms with Crippen molar-refractivity contribution in [2.24, 2.45) is 0 Å². The third-order valence-electron chi connectivity index (χ3n) is 2.44. The van der Waals surface area contributed by atoms with Crippen LogP contribution >= 0.6 is 0 Å². The van der Waals surface area contributed by atoms with Gasteiger partial charge >= 0.3 is 12.5 Å². The molecular weight excluding hydrogens is 270 g/mol. The summed E-state index contributed by atoms with van der Waals surface area (Å²) >= 11 is 0. The monoisotopic (exact) mass is 283 g/mol. The molecule has 0 heterocycles. The van der Waals surface area contributed by atoms with E-state index in [0.717, 1.165) is 5.06 Å². The number of ether oxygens (including phenoxy) is 1. The molecule has 8 heteroatoms. The first-order chi connectivity index (χ1) is 8.77. The summed E-state index contributed by atoms with van der Waals surface area (Å²) < 4.78 is 53.5. The molecule has 0 spiro atoms. The fraction of sp³-hybridized carbons (Fsp3) is 0.545. The fourth-order valence-electron chi connectivity index (χ4n) is 1.43. The molecule has 1 amide bonds. The first-order valence-electron chi connectivity index (χ1n) is 5.31. The normalized spacial score (nSPS) is 19.5. The highest BCUT2D eigenvalue weighted by molar-refractivity contribution is 5.93. The van der Waals surface area contributed by atoms with E-state index < -0.39 is 24.5 Å². The Hall–Kier alpha value is -1.41. The van der Waals surface area contributed by atoms with Crippen LogP contribution in [-0.4, -0.2) is 43.8 Å². The van der Waals surface area contributed by atoms with Crippen molar-refractivity contribution >= 4 is 5.91 Å². The van der Waals surface area contributed by atoms with Gasteiger partial charge in [0.2, 0.25) is 0 Å². The molecule has 0 saturated carbocycles. The summed E-state index contributed by atoms with van der Waals surface area (Å²) in [5, 5.41) is 0.896. The van der Waals surface area contributed by atoms with Gasteiger partial charge in [-0.25, -0.2) is 13.8 Å².